The highest BCUT2D eigenvalue weighted by molar-refractivity contribution is 7.88. The lowest BCUT2D eigenvalue weighted by molar-refractivity contribution is -0.143. The molecule has 25 heavy (non-hydrogen) atoms. The van der Waals surface area contributed by atoms with Crippen molar-refractivity contribution >= 4 is 21.9 Å². The second kappa shape index (κ2) is 8.44. The number of carboxylic acid groups (broad SMARTS) is 1. The molecule has 1 aromatic rings. The number of hydrogen-bond donors (Lipinski definition) is 3. The molecule has 0 bridgehead atoms. The van der Waals surface area contributed by atoms with Crippen molar-refractivity contribution in [1.29, 1.82) is 0 Å². The number of rotatable bonds is 5. The van der Waals surface area contributed by atoms with Crippen molar-refractivity contribution in [1.82, 2.24) is 5.32 Å². The molecule has 1 fully saturated rings. The van der Waals surface area contributed by atoms with Gasteiger partial charge in [0.15, 0.2) is 0 Å². The summed E-state index contributed by atoms with van der Waals surface area (Å²) in [6.07, 6.45) is 4.93. The van der Waals surface area contributed by atoms with Gasteiger partial charge in [-0.25, -0.2) is 13.6 Å². The molecule has 138 valence electrons. The molecule has 1 aliphatic rings. The number of sulfonamides is 1. The molecule has 2 atom stereocenters. The molecule has 0 spiro atoms. The topological polar surface area (TPSA) is 127 Å². The minimum Gasteiger partial charge on any atom is -0.481 e. The van der Waals surface area contributed by atoms with Gasteiger partial charge in [-0.3, -0.25) is 9.59 Å². The van der Waals surface area contributed by atoms with Crippen LogP contribution in [0.15, 0.2) is 24.3 Å². The van der Waals surface area contributed by atoms with Crippen LogP contribution in [0.4, 0.5) is 0 Å². The first-order valence-electron chi connectivity index (χ1n) is 8.39. The van der Waals surface area contributed by atoms with E-state index in [1.165, 1.54) is 6.07 Å². The van der Waals surface area contributed by atoms with Crippen LogP contribution in [0.2, 0.25) is 0 Å². The molecule has 1 amide bonds. The lowest BCUT2D eigenvalue weighted by Gasteiger charge is -2.27. The summed E-state index contributed by atoms with van der Waals surface area (Å²) < 4.78 is 22.4. The third kappa shape index (κ3) is 6.13. The van der Waals surface area contributed by atoms with Gasteiger partial charge in [-0.1, -0.05) is 37.8 Å². The van der Waals surface area contributed by atoms with Crippen molar-refractivity contribution in [3.05, 3.63) is 35.4 Å². The Morgan fingerprint density at radius 2 is 1.84 bits per heavy atom. The summed E-state index contributed by atoms with van der Waals surface area (Å²) in [4.78, 5) is 24.0. The largest absolute Gasteiger partial charge is 0.481 e. The van der Waals surface area contributed by atoms with Crippen LogP contribution in [-0.2, 0) is 20.6 Å². The number of amides is 1. The Bertz CT molecular complexity index is 732. The Morgan fingerprint density at radius 3 is 2.48 bits per heavy atom. The summed E-state index contributed by atoms with van der Waals surface area (Å²) in [5, 5.41) is 17.3. The van der Waals surface area contributed by atoms with Gasteiger partial charge in [-0.15, -0.1) is 0 Å². The van der Waals surface area contributed by atoms with Gasteiger partial charge in [0.05, 0.1) is 11.7 Å². The Hall–Kier alpha value is -1.93. The van der Waals surface area contributed by atoms with Crippen LogP contribution >= 0.6 is 0 Å². The zero-order chi connectivity index (χ0) is 18.4. The van der Waals surface area contributed by atoms with Crippen molar-refractivity contribution in [2.24, 2.45) is 11.1 Å². The fraction of sp³-hybridized carbons (Fsp3) is 0.529. The fourth-order valence-electron chi connectivity index (χ4n) is 3.24. The van der Waals surface area contributed by atoms with E-state index in [4.69, 9.17) is 5.14 Å². The van der Waals surface area contributed by atoms with Crippen molar-refractivity contribution in [2.75, 3.05) is 0 Å². The normalized spacial score (nSPS) is 21.8. The molecule has 2 unspecified atom stereocenters. The van der Waals surface area contributed by atoms with Gasteiger partial charge < -0.3 is 10.4 Å². The summed E-state index contributed by atoms with van der Waals surface area (Å²) in [6, 6.07) is 5.78. The number of nitrogens with one attached hydrogen (secondary N) is 1. The lowest BCUT2D eigenvalue weighted by atomic mass is 9.86. The van der Waals surface area contributed by atoms with E-state index in [0.29, 0.717) is 24.0 Å². The summed E-state index contributed by atoms with van der Waals surface area (Å²) >= 11 is 0. The number of primary sulfonamides is 1. The van der Waals surface area contributed by atoms with E-state index >= 15 is 0 Å². The van der Waals surface area contributed by atoms with E-state index in [1.54, 1.807) is 18.2 Å². The van der Waals surface area contributed by atoms with Crippen LogP contribution in [0.3, 0.4) is 0 Å². The average molecular weight is 368 g/mol. The third-order valence-electron chi connectivity index (χ3n) is 4.46. The minimum atomic E-state index is -3.69. The van der Waals surface area contributed by atoms with E-state index in [9.17, 15) is 23.1 Å². The quantitative estimate of drug-likeness (QED) is 0.728. The highest BCUT2D eigenvalue weighted by Crippen LogP contribution is 2.23. The van der Waals surface area contributed by atoms with Gasteiger partial charge in [-0.05, 0) is 30.5 Å². The molecule has 1 aliphatic carbocycles. The van der Waals surface area contributed by atoms with E-state index in [-0.39, 0.29) is 5.75 Å². The van der Waals surface area contributed by atoms with Crippen LogP contribution in [0, 0.1) is 5.92 Å². The number of aliphatic carboxylic acids is 1. The molecular formula is C17H24N2O5S. The molecule has 1 aromatic carbocycles. The van der Waals surface area contributed by atoms with E-state index in [2.05, 4.69) is 5.32 Å². The molecule has 7 nitrogen and oxygen atoms in total. The molecule has 0 aromatic heterocycles. The molecular weight excluding hydrogens is 344 g/mol. The molecule has 1 saturated carbocycles. The van der Waals surface area contributed by atoms with Crippen molar-refractivity contribution in [3.8, 4) is 0 Å². The van der Waals surface area contributed by atoms with E-state index in [0.717, 1.165) is 25.7 Å². The van der Waals surface area contributed by atoms with Crippen molar-refractivity contribution < 1.29 is 23.1 Å². The highest BCUT2D eigenvalue weighted by atomic mass is 32.2. The maximum atomic E-state index is 12.5. The van der Waals surface area contributed by atoms with Gasteiger partial charge in [-0.2, -0.15) is 0 Å². The minimum absolute atomic E-state index is 0.298. The Labute approximate surface area is 147 Å². The average Bonchev–Trinajstić information content (AvgIpc) is 2.48. The monoisotopic (exact) mass is 368 g/mol. The van der Waals surface area contributed by atoms with E-state index < -0.39 is 33.9 Å². The Morgan fingerprint density at radius 1 is 1.16 bits per heavy atom. The summed E-state index contributed by atoms with van der Waals surface area (Å²) in [6.45, 7) is 0. The Kier molecular flexibility index (Phi) is 6.55. The zero-order valence-electron chi connectivity index (χ0n) is 14.0. The summed E-state index contributed by atoms with van der Waals surface area (Å²) in [7, 11) is -3.69. The predicted molar refractivity (Wildman–Crippen MR) is 93.3 cm³/mol. The van der Waals surface area contributed by atoms with Gasteiger partial charge in [0.1, 0.15) is 0 Å². The molecule has 4 N–H and O–H groups in total. The van der Waals surface area contributed by atoms with Crippen LogP contribution in [0.5, 0.6) is 0 Å². The maximum absolute atomic E-state index is 12.5. The summed E-state index contributed by atoms with van der Waals surface area (Å²) in [5.41, 5.74) is 0.718. The first-order chi connectivity index (χ1) is 11.8. The number of carboxylic acids is 1. The molecule has 8 heteroatoms. The highest BCUT2D eigenvalue weighted by Gasteiger charge is 2.30. The second-order valence-corrected chi connectivity index (χ2v) is 8.14. The van der Waals surface area contributed by atoms with Crippen molar-refractivity contribution in [2.45, 2.75) is 50.3 Å². The summed E-state index contributed by atoms with van der Waals surface area (Å²) in [5.74, 6) is -2.24. The second-order valence-electron chi connectivity index (χ2n) is 6.52. The van der Waals surface area contributed by atoms with E-state index in [1.807, 2.05) is 0 Å². The number of carbonyl (C=O) groups excluding carboxylic acids is 1. The third-order valence-corrected chi connectivity index (χ3v) is 5.19. The fourth-order valence-corrected chi connectivity index (χ4v) is 3.88. The lowest BCUT2D eigenvalue weighted by Crippen LogP contribution is -2.44. The first-order valence-corrected chi connectivity index (χ1v) is 10.1. The predicted octanol–water partition coefficient (Wildman–Crippen LogP) is 1.63. The van der Waals surface area contributed by atoms with Crippen molar-refractivity contribution in [3.63, 3.8) is 0 Å². The molecule has 0 heterocycles. The van der Waals surface area contributed by atoms with Gasteiger partial charge in [0.25, 0.3) is 5.91 Å². The molecule has 0 aliphatic heterocycles. The standard InChI is InChI=1S/C17H24N2O5S/c18-25(23,24)11-12-6-5-7-13(10-12)16(20)19-15-9-4-2-1-3-8-14(15)17(21)22/h5-7,10,14-15H,1-4,8-9,11H2,(H,19,20)(H,21,22)(H2,18,23,24). The van der Waals surface area contributed by atoms with Crippen LogP contribution in [0.1, 0.15) is 54.4 Å². The number of nitrogens with two attached hydrogens (primary N) is 1. The van der Waals surface area contributed by atoms with Gasteiger partial charge >= 0.3 is 5.97 Å². The Balaban J connectivity index is 2.13. The molecule has 0 saturated heterocycles. The smallest absolute Gasteiger partial charge is 0.308 e. The maximum Gasteiger partial charge on any atom is 0.308 e. The van der Waals surface area contributed by atoms with Crippen LogP contribution < -0.4 is 10.5 Å². The number of carbonyl (C=O) groups is 2. The molecule has 2 rings (SSSR count). The zero-order valence-corrected chi connectivity index (χ0v) is 14.8. The van der Waals surface area contributed by atoms with Crippen LogP contribution in [-0.4, -0.2) is 31.4 Å². The van der Waals surface area contributed by atoms with Gasteiger partial charge in [0, 0.05) is 11.6 Å². The number of benzene rings is 1. The number of hydrogen-bond acceptors (Lipinski definition) is 4. The van der Waals surface area contributed by atoms with Gasteiger partial charge in [0.2, 0.25) is 10.0 Å². The van der Waals surface area contributed by atoms with Crippen LogP contribution in [0.25, 0.3) is 0 Å². The SMILES string of the molecule is NS(=O)(=O)Cc1cccc(C(=O)NC2CCCCCCC2C(=O)O)c1. The molecule has 0 radical (unpaired) electrons. The first kappa shape index (κ1) is 19.4.